The van der Waals surface area contributed by atoms with E-state index < -0.39 is 0 Å². The van der Waals surface area contributed by atoms with Gasteiger partial charge in [0.15, 0.2) is 0 Å². The number of aromatic nitrogens is 1. The number of fused-ring (bicyclic) bond motifs is 1. The van der Waals surface area contributed by atoms with Crippen molar-refractivity contribution in [3.63, 3.8) is 0 Å². The summed E-state index contributed by atoms with van der Waals surface area (Å²) >= 11 is 0. The fraction of sp³-hybridized carbons (Fsp3) is 0.714. The van der Waals surface area contributed by atoms with E-state index in [4.69, 9.17) is 4.74 Å². The third kappa shape index (κ3) is 4.05. The van der Waals surface area contributed by atoms with Crippen molar-refractivity contribution in [1.82, 2.24) is 14.4 Å². The van der Waals surface area contributed by atoms with Gasteiger partial charge in [0.1, 0.15) is 11.3 Å². The topological polar surface area (TPSA) is 54.8 Å². The van der Waals surface area contributed by atoms with Crippen LogP contribution in [-0.4, -0.2) is 59.6 Å². The number of likely N-dealkylation sites (N-methyl/N-ethyl adjacent to an activating group) is 1. The van der Waals surface area contributed by atoms with Crippen LogP contribution in [-0.2, 0) is 13.0 Å². The number of rotatable bonds is 5. The van der Waals surface area contributed by atoms with E-state index in [0.29, 0.717) is 30.4 Å². The fourth-order valence-electron chi connectivity index (χ4n) is 4.18. The van der Waals surface area contributed by atoms with Gasteiger partial charge in [-0.25, -0.2) is 0 Å². The van der Waals surface area contributed by atoms with Crippen molar-refractivity contribution in [2.45, 2.75) is 52.0 Å². The van der Waals surface area contributed by atoms with Gasteiger partial charge in [0.25, 0.3) is 11.5 Å². The molecule has 27 heavy (non-hydrogen) atoms. The fourth-order valence-corrected chi connectivity index (χ4v) is 4.18. The van der Waals surface area contributed by atoms with Crippen LogP contribution in [0.2, 0.25) is 0 Å². The first kappa shape index (κ1) is 18.5. The second-order valence-electron chi connectivity index (χ2n) is 8.11. The standard InChI is InChI=1S/C21H31N3O3/c1-2-22-10-12-23(13-11-22)21(26)20-17-6-4-3-5-9-24(17)19(25)14-18(20)27-15-16-7-8-16/h14,16H,2-13,15H2,1H3. The van der Waals surface area contributed by atoms with Crippen LogP contribution in [0.5, 0.6) is 5.75 Å². The molecular formula is C21H31N3O3. The third-order valence-electron chi connectivity index (χ3n) is 6.17. The monoisotopic (exact) mass is 373 g/mol. The van der Waals surface area contributed by atoms with Crippen molar-refractivity contribution < 1.29 is 9.53 Å². The van der Waals surface area contributed by atoms with Crippen LogP contribution in [0.3, 0.4) is 0 Å². The molecule has 1 amide bonds. The Balaban J connectivity index is 1.67. The van der Waals surface area contributed by atoms with Crippen LogP contribution in [0.25, 0.3) is 0 Å². The smallest absolute Gasteiger partial charge is 0.259 e. The van der Waals surface area contributed by atoms with Gasteiger partial charge in [0.2, 0.25) is 0 Å². The van der Waals surface area contributed by atoms with E-state index in [-0.39, 0.29) is 11.5 Å². The van der Waals surface area contributed by atoms with E-state index >= 15 is 0 Å². The van der Waals surface area contributed by atoms with Gasteiger partial charge in [0, 0.05) is 44.5 Å². The van der Waals surface area contributed by atoms with Gasteiger partial charge in [0.05, 0.1) is 6.61 Å². The molecule has 0 aromatic carbocycles. The Labute approximate surface area is 161 Å². The number of amides is 1. The zero-order valence-corrected chi connectivity index (χ0v) is 16.4. The van der Waals surface area contributed by atoms with Crippen LogP contribution in [0.4, 0.5) is 0 Å². The number of ether oxygens (including phenoxy) is 1. The number of hydrogen-bond donors (Lipinski definition) is 0. The molecule has 0 N–H and O–H groups in total. The molecule has 0 radical (unpaired) electrons. The SMILES string of the molecule is CCN1CCN(C(=O)c2c(OCC3CC3)cc(=O)n3c2CCCCC3)CC1. The molecule has 3 heterocycles. The maximum Gasteiger partial charge on any atom is 0.259 e. The Morgan fingerprint density at radius 1 is 1.11 bits per heavy atom. The first-order chi connectivity index (χ1) is 13.2. The quantitative estimate of drug-likeness (QED) is 0.794. The average molecular weight is 373 g/mol. The Bertz CT molecular complexity index is 746. The summed E-state index contributed by atoms with van der Waals surface area (Å²) in [5.41, 5.74) is 1.53. The number of pyridine rings is 1. The van der Waals surface area contributed by atoms with Crippen LogP contribution in [0.1, 0.15) is 55.1 Å². The zero-order valence-electron chi connectivity index (χ0n) is 16.4. The number of carbonyl (C=O) groups excluding carboxylic acids is 1. The summed E-state index contributed by atoms with van der Waals surface area (Å²) in [6, 6.07) is 1.56. The summed E-state index contributed by atoms with van der Waals surface area (Å²) in [5, 5.41) is 0. The Hall–Kier alpha value is -1.82. The second kappa shape index (κ2) is 8.05. The lowest BCUT2D eigenvalue weighted by atomic mass is 10.1. The van der Waals surface area contributed by atoms with Crippen molar-refractivity contribution in [3.8, 4) is 5.75 Å². The normalized spacial score (nSPS) is 20.9. The highest BCUT2D eigenvalue weighted by Crippen LogP contribution is 2.32. The molecule has 3 aliphatic rings. The summed E-state index contributed by atoms with van der Waals surface area (Å²) in [7, 11) is 0. The van der Waals surface area contributed by atoms with Crippen molar-refractivity contribution >= 4 is 5.91 Å². The van der Waals surface area contributed by atoms with Gasteiger partial charge in [-0.15, -0.1) is 0 Å². The lowest BCUT2D eigenvalue weighted by molar-refractivity contribution is 0.0636. The van der Waals surface area contributed by atoms with E-state index in [1.807, 2.05) is 9.47 Å². The molecule has 2 fully saturated rings. The summed E-state index contributed by atoms with van der Waals surface area (Å²) in [6.45, 7) is 7.82. The first-order valence-corrected chi connectivity index (χ1v) is 10.6. The molecule has 148 valence electrons. The number of hydrogen-bond acceptors (Lipinski definition) is 4. The Kier molecular flexibility index (Phi) is 5.53. The highest BCUT2D eigenvalue weighted by molar-refractivity contribution is 5.98. The van der Waals surface area contributed by atoms with E-state index in [1.54, 1.807) is 6.07 Å². The molecule has 6 heteroatoms. The van der Waals surface area contributed by atoms with Crippen molar-refractivity contribution in [3.05, 3.63) is 27.7 Å². The predicted octanol–water partition coefficient (Wildman–Crippen LogP) is 2.14. The van der Waals surface area contributed by atoms with Gasteiger partial charge < -0.3 is 19.1 Å². The average Bonchev–Trinajstić information content (AvgIpc) is 3.53. The summed E-state index contributed by atoms with van der Waals surface area (Å²) in [4.78, 5) is 30.5. The molecule has 1 aliphatic carbocycles. The minimum absolute atomic E-state index is 0.0231. The Morgan fingerprint density at radius 2 is 1.89 bits per heavy atom. The third-order valence-corrected chi connectivity index (χ3v) is 6.17. The molecule has 1 saturated heterocycles. The maximum absolute atomic E-state index is 13.5. The van der Waals surface area contributed by atoms with Crippen molar-refractivity contribution in [1.29, 1.82) is 0 Å². The summed E-state index contributed by atoms with van der Waals surface area (Å²) < 4.78 is 7.86. The van der Waals surface area contributed by atoms with Gasteiger partial charge in [-0.2, -0.15) is 0 Å². The second-order valence-corrected chi connectivity index (χ2v) is 8.11. The molecule has 2 aliphatic heterocycles. The first-order valence-electron chi connectivity index (χ1n) is 10.6. The lowest BCUT2D eigenvalue weighted by Crippen LogP contribution is -2.49. The van der Waals surface area contributed by atoms with E-state index in [0.717, 1.165) is 64.1 Å². The summed E-state index contributed by atoms with van der Waals surface area (Å²) in [5.74, 6) is 1.15. The molecule has 6 nitrogen and oxygen atoms in total. The molecular weight excluding hydrogens is 342 g/mol. The van der Waals surface area contributed by atoms with Crippen LogP contribution >= 0.6 is 0 Å². The van der Waals surface area contributed by atoms with Crippen molar-refractivity contribution in [2.75, 3.05) is 39.3 Å². The van der Waals surface area contributed by atoms with Crippen molar-refractivity contribution in [2.24, 2.45) is 5.92 Å². The van der Waals surface area contributed by atoms with Gasteiger partial charge in [-0.1, -0.05) is 13.3 Å². The van der Waals surface area contributed by atoms with E-state index in [2.05, 4.69) is 11.8 Å². The minimum atomic E-state index is -0.0231. The van der Waals surface area contributed by atoms with Gasteiger partial charge >= 0.3 is 0 Å². The molecule has 0 spiro atoms. The molecule has 0 unspecified atom stereocenters. The van der Waals surface area contributed by atoms with Crippen LogP contribution < -0.4 is 10.3 Å². The number of piperazine rings is 1. The molecule has 0 atom stereocenters. The largest absolute Gasteiger partial charge is 0.492 e. The lowest BCUT2D eigenvalue weighted by Gasteiger charge is -2.34. The highest BCUT2D eigenvalue weighted by atomic mass is 16.5. The predicted molar refractivity (Wildman–Crippen MR) is 104 cm³/mol. The van der Waals surface area contributed by atoms with Gasteiger partial charge in [-0.3, -0.25) is 9.59 Å². The Morgan fingerprint density at radius 3 is 2.59 bits per heavy atom. The zero-order chi connectivity index (χ0) is 18.8. The maximum atomic E-state index is 13.5. The molecule has 1 aromatic rings. The van der Waals surface area contributed by atoms with Crippen LogP contribution in [0, 0.1) is 5.92 Å². The van der Waals surface area contributed by atoms with Gasteiger partial charge in [-0.05, 0) is 44.6 Å². The highest BCUT2D eigenvalue weighted by Gasteiger charge is 2.30. The molecule has 4 rings (SSSR count). The molecule has 0 bridgehead atoms. The van der Waals surface area contributed by atoms with E-state index in [9.17, 15) is 9.59 Å². The number of nitrogens with zero attached hydrogens (tertiary/aromatic N) is 3. The van der Waals surface area contributed by atoms with Crippen LogP contribution in [0.15, 0.2) is 10.9 Å². The molecule has 1 saturated carbocycles. The van der Waals surface area contributed by atoms with E-state index in [1.165, 1.54) is 12.8 Å². The molecule has 1 aromatic heterocycles. The summed E-state index contributed by atoms with van der Waals surface area (Å²) in [6.07, 6.45) is 6.28. The minimum Gasteiger partial charge on any atom is -0.492 e. The number of carbonyl (C=O) groups is 1.